The number of rotatable bonds is 4. The number of carbonyl (C=O) groups is 3. The van der Waals surface area contributed by atoms with Gasteiger partial charge in [-0.05, 0) is 12.1 Å². The molecule has 0 spiro atoms. The average Bonchev–Trinajstić information content (AvgIpc) is 2.54. The van der Waals surface area contributed by atoms with Gasteiger partial charge in [-0.25, -0.2) is 9.78 Å². The van der Waals surface area contributed by atoms with Crippen LogP contribution < -0.4 is 0 Å². The summed E-state index contributed by atoms with van der Waals surface area (Å²) in [5, 5.41) is 8.78. The summed E-state index contributed by atoms with van der Waals surface area (Å²) < 4.78 is 4.80. The molecular formula is C14H17N3O5. The van der Waals surface area contributed by atoms with Crippen molar-refractivity contribution >= 4 is 17.8 Å². The Hall–Kier alpha value is -2.48. The molecule has 0 aromatic carbocycles. The topological polar surface area (TPSA) is 100 Å². The van der Waals surface area contributed by atoms with Gasteiger partial charge in [0.25, 0.3) is 5.91 Å². The number of ether oxygens (including phenoxy) is 1. The van der Waals surface area contributed by atoms with E-state index in [9.17, 15) is 14.4 Å². The molecule has 2 heterocycles. The Morgan fingerprint density at radius 3 is 2.32 bits per heavy atom. The van der Waals surface area contributed by atoms with Crippen molar-refractivity contribution in [2.75, 3.05) is 39.9 Å². The number of nitrogens with zero attached hydrogens (tertiary/aromatic N) is 3. The fraction of sp³-hybridized carbons (Fsp3) is 0.429. The highest BCUT2D eigenvalue weighted by Gasteiger charge is 2.24. The summed E-state index contributed by atoms with van der Waals surface area (Å²) >= 11 is 0. The van der Waals surface area contributed by atoms with E-state index in [0.717, 1.165) is 0 Å². The third-order valence-electron chi connectivity index (χ3n) is 3.42. The van der Waals surface area contributed by atoms with Gasteiger partial charge in [0, 0.05) is 39.5 Å². The van der Waals surface area contributed by atoms with Crippen molar-refractivity contribution in [1.82, 2.24) is 14.8 Å². The number of methoxy groups -OCH3 is 1. The van der Waals surface area contributed by atoms with E-state index in [-0.39, 0.29) is 24.1 Å². The van der Waals surface area contributed by atoms with E-state index < -0.39 is 5.97 Å². The van der Waals surface area contributed by atoms with Crippen molar-refractivity contribution in [3.05, 3.63) is 29.6 Å². The molecule has 1 aliphatic heterocycles. The van der Waals surface area contributed by atoms with E-state index in [4.69, 9.17) is 9.84 Å². The molecule has 0 saturated carbocycles. The molecule has 8 nitrogen and oxygen atoms in total. The zero-order valence-corrected chi connectivity index (χ0v) is 12.2. The molecule has 0 aliphatic carbocycles. The van der Waals surface area contributed by atoms with Crippen molar-refractivity contribution in [3.63, 3.8) is 0 Å². The van der Waals surface area contributed by atoms with Crippen LogP contribution in [0.5, 0.6) is 0 Å². The van der Waals surface area contributed by atoms with Crippen LogP contribution in [0.1, 0.15) is 20.8 Å². The molecule has 0 atom stereocenters. The average molecular weight is 307 g/mol. The molecule has 1 N–H and O–H groups in total. The smallest absolute Gasteiger partial charge is 0.354 e. The minimum absolute atomic E-state index is 0.0362. The lowest BCUT2D eigenvalue weighted by atomic mass is 10.2. The van der Waals surface area contributed by atoms with Crippen LogP contribution in [-0.4, -0.2) is 77.6 Å². The first kappa shape index (κ1) is 15.9. The minimum atomic E-state index is -1.13. The van der Waals surface area contributed by atoms with E-state index in [1.807, 2.05) is 0 Å². The minimum Gasteiger partial charge on any atom is -0.477 e. The van der Waals surface area contributed by atoms with Crippen molar-refractivity contribution in [1.29, 1.82) is 0 Å². The van der Waals surface area contributed by atoms with Crippen LogP contribution in [0.25, 0.3) is 0 Å². The zero-order valence-electron chi connectivity index (χ0n) is 12.2. The Bertz CT molecular complexity index is 564. The number of pyridine rings is 1. The first-order chi connectivity index (χ1) is 10.5. The monoisotopic (exact) mass is 307 g/mol. The Morgan fingerprint density at radius 2 is 1.82 bits per heavy atom. The fourth-order valence-corrected chi connectivity index (χ4v) is 2.20. The summed E-state index contributed by atoms with van der Waals surface area (Å²) in [4.78, 5) is 41.7. The van der Waals surface area contributed by atoms with Crippen LogP contribution in [0.15, 0.2) is 18.3 Å². The van der Waals surface area contributed by atoms with Crippen LogP contribution in [0.4, 0.5) is 0 Å². The SMILES string of the molecule is COCC(=O)N1CCN(C(=O)c2ccc(C(=O)O)nc2)CC1. The van der Waals surface area contributed by atoms with Gasteiger partial charge in [0.2, 0.25) is 5.91 Å². The highest BCUT2D eigenvalue weighted by molar-refractivity contribution is 5.95. The Labute approximate surface area is 127 Å². The summed E-state index contributed by atoms with van der Waals surface area (Å²) in [6, 6.07) is 2.75. The maximum absolute atomic E-state index is 12.3. The van der Waals surface area contributed by atoms with E-state index in [2.05, 4.69) is 4.98 Å². The van der Waals surface area contributed by atoms with Crippen LogP contribution >= 0.6 is 0 Å². The van der Waals surface area contributed by atoms with Crippen molar-refractivity contribution in [2.45, 2.75) is 0 Å². The quantitative estimate of drug-likeness (QED) is 0.820. The molecule has 118 valence electrons. The van der Waals surface area contributed by atoms with Gasteiger partial charge in [-0.2, -0.15) is 0 Å². The standard InChI is InChI=1S/C14H17N3O5/c1-22-9-12(18)16-4-6-17(7-5-16)13(19)10-2-3-11(14(20)21)15-8-10/h2-3,8H,4-7,9H2,1H3,(H,20,21). The van der Waals surface area contributed by atoms with Crippen LogP contribution in [-0.2, 0) is 9.53 Å². The number of carboxylic acids is 1. The summed E-state index contributed by atoms with van der Waals surface area (Å²) in [5.74, 6) is -1.45. The van der Waals surface area contributed by atoms with E-state index in [1.54, 1.807) is 9.80 Å². The maximum Gasteiger partial charge on any atom is 0.354 e. The summed E-state index contributed by atoms with van der Waals surface area (Å²) in [6.07, 6.45) is 1.26. The number of aromatic carboxylic acids is 1. The molecule has 1 aliphatic rings. The molecule has 2 rings (SSSR count). The van der Waals surface area contributed by atoms with Gasteiger partial charge in [-0.1, -0.05) is 0 Å². The summed E-state index contributed by atoms with van der Waals surface area (Å²) in [6.45, 7) is 1.79. The van der Waals surface area contributed by atoms with E-state index in [0.29, 0.717) is 31.7 Å². The van der Waals surface area contributed by atoms with Gasteiger partial charge in [-0.3, -0.25) is 9.59 Å². The second kappa shape index (κ2) is 6.99. The van der Waals surface area contributed by atoms with Crippen molar-refractivity contribution < 1.29 is 24.2 Å². The number of hydrogen-bond donors (Lipinski definition) is 1. The number of carbonyl (C=O) groups excluding carboxylic acids is 2. The number of aromatic nitrogens is 1. The third-order valence-corrected chi connectivity index (χ3v) is 3.42. The molecule has 1 aromatic heterocycles. The highest BCUT2D eigenvalue weighted by atomic mass is 16.5. The van der Waals surface area contributed by atoms with E-state index >= 15 is 0 Å². The third kappa shape index (κ3) is 3.59. The van der Waals surface area contributed by atoms with Gasteiger partial charge >= 0.3 is 5.97 Å². The molecule has 2 amide bonds. The lowest BCUT2D eigenvalue weighted by molar-refractivity contribution is -0.136. The van der Waals surface area contributed by atoms with Crippen LogP contribution in [0.2, 0.25) is 0 Å². The predicted octanol–water partition coefficient (Wildman–Crippen LogP) is -0.289. The molecule has 22 heavy (non-hydrogen) atoms. The Balaban J connectivity index is 1.94. The summed E-state index contributed by atoms with van der Waals surface area (Å²) in [7, 11) is 1.46. The second-order valence-corrected chi connectivity index (χ2v) is 4.84. The number of carboxylic acid groups (broad SMARTS) is 1. The lowest BCUT2D eigenvalue weighted by Gasteiger charge is -2.34. The maximum atomic E-state index is 12.3. The molecule has 0 unspecified atom stereocenters. The first-order valence-electron chi connectivity index (χ1n) is 6.78. The predicted molar refractivity (Wildman–Crippen MR) is 75.6 cm³/mol. The van der Waals surface area contributed by atoms with Crippen LogP contribution in [0, 0.1) is 0 Å². The van der Waals surface area contributed by atoms with Gasteiger partial charge in [-0.15, -0.1) is 0 Å². The molecule has 1 fully saturated rings. The first-order valence-corrected chi connectivity index (χ1v) is 6.78. The fourth-order valence-electron chi connectivity index (χ4n) is 2.20. The Morgan fingerprint density at radius 1 is 1.18 bits per heavy atom. The van der Waals surface area contributed by atoms with Crippen molar-refractivity contribution in [3.8, 4) is 0 Å². The normalized spacial score (nSPS) is 14.8. The summed E-state index contributed by atoms with van der Waals surface area (Å²) in [5.41, 5.74) is 0.230. The van der Waals surface area contributed by atoms with Gasteiger partial charge < -0.3 is 19.6 Å². The molecule has 1 aromatic rings. The van der Waals surface area contributed by atoms with Gasteiger partial charge in [0.15, 0.2) is 0 Å². The number of hydrogen-bond acceptors (Lipinski definition) is 5. The zero-order chi connectivity index (χ0) is 16.1. The van der Waals surface area contributed by atoms with Gasteiger partial charge in [0.05, 0.1) is 5.56 Å². The van der Waals surface area contributed by atoms with Crippen LogP contribution in [0.3, 0.4) is 0 Å². The molecule has 8 heteroatoms. The van der Waals surface area contributed by atoms with Gasteiger partial charge in [0.1, 0.15) is 12.3 Å². The van der Waals surface area contributed by atoms with Crippen molar-refractivity contribution in [2.24, 2.45) is 0 Å². The Kier molecular flexibility index (Phi) is 5.05. The second-order valence-electron chi connectivity index (χ2n) is 4.84. The lowest BCUT2D eigenvalue weighted by Crippen LogP contribution is -2.51. The number of piperazine rings is 1. The largest absolute Gasteiger partial charge is 0.477 e. The molecule has 0 bridgehead atoms. The highest BCUT2D eigenvalue weighted by Crippen LogP contribution is 2.09. The van der Waals surface area contributed by atoms with E-state index in [1.165, 1.54) is 25.4 Å². The number of amides is 2. The molecular weight excluding hydrogens is 290 g/mol. The molecule has 1 saturated heterocycles. The molecule has 0 radical (unpaired) electrons.